The third-order valence-corrected chi connectivity index (χ3v) is 9.50. The number of esters is 1. The Hall–Kier alpha value is -2.48. The number of quaternary nitrogens is 1. The third kappa shape index (κ3) is 11.0. The van der Waals surface area contributed by atoms with Gasteiger partial charge in [0, 0.05) is 35.9 Å². The molecule has 1 aromatic heterocycles. The molecule has 1 aliphatic rings. The van der Waals surface area contributed by atoms with Gasteiger partial charge in [-0.15, -0.1) is 0 Å². The molecule has 6 atom stereocenters. The van der Waals surface area contributed by atoms with E-state index in [0.717, 1.165) is 69.2 Å². The molecule has 1 fully saturated rings. The molecule has 2 rings (SSSR count). The molecule has 0 radical (unpaired) electrons. The maximum atomic E-state index is 13.7. The van der Waals surface area contributed by atoms with Crippen LogP contribution in [-0.2, 0) is 25.9 Å². The van der Waals surface area contributed by atoms with Gasteiger partial charge in [-0.25, -0.2) is 0 Å². The molecule has 1 aliphatic carbocycles. The zero-order chi connectivity index (χ0) is 31.1. The second-order valence-electron chi connectivity index (χ2n) is 13.0. The second kappa shape index (κ2) is 18.2. The Morgan fingerprint density at radius 3 is 2.10 bits per heavy atom. The van der Waals surface area contributed by atoms with E-state index in [0.29, 0.717) is 25.2 Å². The van der Waals surface area contributed by atoms with Gasteiger partial charge in [-0.05, 0) is 63.2 Å². The van der Waals surface area contributed by atoms with Crippen LogP contribution in [0.2, 0.25) is 0 Å². The first-order valence-corrected chi connectivity index (χ1v) is 16.5. The van der Waals surface area contributed by atoms with Crippen molar-refractivity contribution >= 4 is 17.8 Å². The first kappa shape index (κ1) is 35.7. The number of aliphatic carboxylic acids is 1. The van der Waals surface area contributed by atoms with Gasteiger partial charge in [0.2, 0.25) is 5.91 Å². The largest absolute Gasteiger partial charge is 0.550 e. The van der Waals surface area contributed by atoms with E-state index >= 15 is 0 Å². The fourth-order valence-corrected chi connectivity index (χ4v) is 7.81. The lowest BCUT2D eigenvalue weighted by Crippen LogP contribution is -2.52. The van der Waals surface area contributed by atoms with Crippen molar-refractivity contribution < 1.29 is 33.3 Å². The number of nitrogens with zero attached hydrogens (tertiary/aromatic N) is 2. The van der Waals surface area contributed by atoms with Gasteiger partial charge in [0.1, 0.15) is 0 Å². The van der Waals surface area contributed by atoms with E-state index in [1.54, 1.807) is 0 Å². The van der Waals surface area contributed by atoms with Crippen molar-refractivity contribution in [1.29, 1.82) is 0 Å². The Bertz CT molecular complexity index is 939. The maximum Gasteiger partial charge on any atom is 0.313 e. The summed E-state index contributed by atoms with van der Waals surface area (Å²) in [6, 6.07) is 5.73. The number of carboxylic acid groups (broad SMARTS) is 1. The molecule has 1 amide bonds. The fraction of sp³-hybridized carbons (Fsp3) is 0.765. The van der Waals surface area contributed by atoms with Crippen LogP contribution in [0.3, 0.4) is 0 Å². The highest BCUT2D eigenvalue weighted by Gasteiger charge is 2.40. The van der Waals surface area contributed by atoms with E-state index < -0.39 is 23.7 Å². The van der Waals surface area contributed by atoms with Crippen LogP contribution in [-0.4, -0.2) is 48.5 Å². The van der Waals surface area contributed by atoms with Crippen LogP contribution >= 0.6 is 0 Å². The zero-order valence-electron chi connectivity index (χ0n) is 27.0. The lowest BCUT2D eigenvalue weighted by molar-refractivity contribution is -0.931. The van der Waals surface area contributed by atoms with Crippen molar-refractivity contribution in [3.63, 3.8) is 0 Å². The van der Waals surface area contributed by atoms with E-state index in [1.165, 1.54) is 0 Å². The minimum absolute atomic E-state index is 0.0635. The molecule has 0 spiro atoms. The van der Waals surface area contributed by atoms with Crippen molar-refractivity contribution in [3.8, 4) is 0 Å². The van der Waals surface area contributed by atoms with E-state index in [-0.39, 0.29) is 36.9 Å². The molecule has 0 aromatic carbocycles. The van der Waals surface area contributed by atoms with Gasteiger partial charge in [0.15, 0.2) is 12.4 Å². The fourth-order valence-electron chi connectivity index (χ4n) is 7.81. The SMILES string of the molecule is CCC[N+](CCC)(CCC)CC(C)CC(CC1CCCC1C(CC(CC)C(N)=O)C(=O)[O-])C(=O)OC[n+]1ccccc1. The molecule has 238 valence electrons. The van der Waals surface area contributed by atoms with Gasteiger partial charge in [-0.3, -0.25) is 9.59 Å². The molecule has 1 saturated carbocycles. The Morgan fingerprint density at radius 2 is 1.57 bits per heavy atom. The Morgan fingerprint density at radius 1 is 0.952 bits per heavy atom. The van der Waals surface area contributed by atoms with Crippen molar-refractivity contribution in [3.05, 3.63) is 30.6 Å². The number of primary amides is 1. The van der Waals surface area contributed by atoms with E-state index in [2.05, 4.69) is 27.7 Å². The van der Waals surface area contributed by atoms with Crippen molar-refractivity contribution in [2.45, 2.75) is 106 Å². The van der Waals surface area contributed by atoms with E-state index in [4.69, 9.17) is 10.5 Å². The summed E-state index contributed by atoms with van der Waals surface area (Å²) in [5.41, 5.74) is 5.58. The predicted octanol–water partition coefficient (Wildman–Crippen LogP) is 4.24. The highest BCUT2D eigenvalue weighted by Crippen LogP contribution is 2.44. The quantitative estimate of drug-likeness (QED) is 0.131. The molecule has 1 heterocycles. The van der Waals surface area contributed by atoms with Crippen LogP contribution in [0.1, 0.15) is 98.8 Å². The third-order valence-electron chi connectivity index (χ3n) is 9.50. The molecule has 8 nitrogen and oxygen atoms in total. The molecule has 0 aliphatic heterocycles. The number of amides is 1. The lowest BCUT2D eigenvalue weighted by atomic mass is 9.74. The summed E-state index contributed by atoms with van der Waals surface area (Å²) in [6.45, 7) is 15.5. The molecule has 1 aromatic rings. The summed E-state index contributed by atoms with van der Waals surface area (Å²) in [6.07, 6.45) is 11.7. The topological polar surface area (TPSA) is 113 Å². The van der Waals surface area contributed by atoms with Crippen LogP contribution in [0.5, 0.6) is 0 Å². The number of rotatable bonds is 21. The number of hydrogen-bond acceptors (Lipinski definition) is 5. The van der Waals surface area contributed by atoms with Gasteiger partial charge >= 0.3 is 5.97 Å². The molecular formula is C34H58N3O5+. The molecule has 42 heavy (non-hydrogen) atoms. The smallest absolute Gasteiger partial charge is 0.313 e. The number of ether oxygens (including phenoxy) is 1. The van der Waals surface area contributed by atoms with E-state index in [9.17, 15) is 19.5 Å². The van der Waals surface area contributed by atoms with Crippen LogP contribution in [0, 0.1) is 35.5 Å². The summed E-state index contributed by atoms with van der Waals surface area (Å²) in [7, 11) is 0. The maximum absolute atomic E-state index is 13.7. The first-order valence-electron chi connectivity index (χ1n) is 16.5. The summed E-state index contributed by atoms with van der Waals surface area (Å²) in [4.78, 5) is 38.0. The first-order chi connectivity index (χ1) is 20.1. The summed E-state index contributed by atoms with van der Waals surface area (Å²) in [5.74, 6) is -3.08. The average molecular weight is 589 g/mol. The minimum atomic E-state index is -1.11. The Labute approximate surface area is 254 Å². The van der Waals surface area contributed by atoms with Gasteiger partial charge < -0.3 is 24.9 Å². The van der Waals surface area contributed by atoms with Gasteiger partial charge in [0.05, 0.1) is 32.1 Å². The highest BCUT2D eigenvalue weighted by atomic mass is 16.5. The number of nitrogens with two attached hydrogens (primary N) is 1. The molecule has 6 unspecified atom stereocenters. The number of pyridine rings is 1. The Balaban J connectivity index is 2.27. The molecule has 8 heteroatoms. The van der Waals surface area contributed by atoms with Crippen molar-refractivity contribution in [2.75, 3.05) is 26.2 Å². The summed E-state index contributed by atoms with van der Waals surface area (Å²) in [5, 5.41) is 12.3. The number of aromatic nitrogens is 1. The van der Waals surface area contributed by atoms with Gasteiger partial charge in [-0.1, -0.05) is 53.5 Å². The normalized spacial score (nSPS) is 20.0. The lowest BCUT2D eigenvalue weighted by Gasteiger charge is -2.41. The summed E-state index contributed by atoms with van der Waals surface area (Å²) < 4.78 is 8.78. The summed E-state index contributed by atoms with van der Waals surface area (Å²) >= 11 is 0. The van der Waals surface area contributed by atoms with Crippen molar-refractivity contribution in [2.24, 2.45) is 41.2 Å². The van der Waals surface area contributed by atoms with Crippen LogP contribution in [0.15, 0.2) is 30.6 Å². The highest BCUT2D eigenvalue weighted by molar-refractivity contribution is 5.78. The monoisotopic (exact) mass is 588 g/mol. The molecular weight excluding hydrogens is 530 g/mol. The zero-order valence-corrected chi connectivity index (χ0v) is 27.0. The standard InChI is InChI=1S/C34H57N3O5/c1-6-18-37(19-7-2,20-8-3)24-26(5)21-29(34(41)42-25-36-16-11-10-12-17-36)22-28-14-13-15-30(28)31(33(39)40)23-27(9-4)32(35)38/h10-12,16-17,26-31H,6-9,13-15,18-25H2,1-5H3,(H-2,35,38,39,40)/p+1. The second-order valence-corrected chi connectivity index (χ2v) is 13.0. The number of carbonyl (C=O) groups excluding carboxylic acids is 3. The molecule has 0 saturated heterocycles. The molecule has 0 bridgehead atoms. The number of hydrogen-bond donors (Lipinski definition) is 1. The van der Waals surface area contributed by atoms with E-state index in [1.807, 2.05) is 42.1 Å². The van der Waals surface area contributed by atoms with Crippen LogP contribution < -0.4 is 15.4 Å². The number of carboxylic acids is 1. The number of carbonyl (C=O) groups is 3. The Kier molecular flexibility index (Phi) is 15.5. The van der Waals surface area contributed by atoms with Crippen LogP contribution in [0.25, 0.3) is 0 Å². The van der Waals surface area contributed by atoms with Crippen molar-refractivity contribution in [1.82, 2.24) is 0 Å². The average Bonchev–Trinajstić information content (AvgIpc) is 3.40. The molecule has 2 N–H and O–H groups in total. The van der Waals surface area contributed by atoms with Crippen LogP contribution in [0.4, 0.5) is 0 Å². The minimum Gasteiger partial charge on any atom is -0.550 e. The van der Waals surface area contributed by atoms with Gasteiger partial charge in [-0.2, -0.15) is 4.57 Å². The van der Waals surface area contributed by atoms with Gasteiger partial charge in [0.25, 0.3) is 6.73 Å². The predicted molar refractivity (Wildman–Crippen MR) is 162 cm³/mol.